The zero-order valence-corrected chi connectivity index (χ0v) is 17.6. The molecule has 0 bridgehead atoms. The number of rotatable bonds is 6. The number of hydrogen-bond acceptors (Lipinski definition) is 4. The Kier molecular flexibility index (Phi) is 5.46. The topological polar surface area (TPSA) is 82.1 Å². The van der Waals surface area contributed by atoms with Crippen molar-refractivity contribution in [1.29, 1.82) is 0 Å². The van der Waals surface area contributed by atoms with Gasteiger partial charge in [0.2, 0.25) is 5.91 Å². The number of halogens is 1. The summed E-state index contributed by atoms with van der Waals surface area (Å²) in [7, 11) is 0. The third kappa shape index (κ3) is 4.01. The van der Waals surface area contributed by atoms with Gasteiger partial charge in [0.15, 0.2) is 5.65 Å². The second-order valence-corrected chi connectivity index (χ2v) is 7.51. The molecule has 1 aromatic carbocycles. The summed E-state index contributed by atoms with van der Waals surface area (Å²) in [5, 5.41) is 3.25. The molecule has 0 aliphatic heterocycles. The Balaban J connectivity index is 1.56. The number of aromatic nitrogens is 3. The summed E-state index contributed by atoms with van der Waals surface area (Å²) < 4.78 is 22.4. The van der Waals surface area contributed by atoms with E-state index >= 15 is 0 Å². The molecule has 0 aliphatic carbocycles. The molecule has 4 aromatic rings. The van der Waals surface area contributed by atoms with Crippen molar-refractivity contribution >= 4 is 16.9 Å². The van der Waals surface area contributed by atoms with Crippen molar-refractivity contribution in [2.75, 3.05) is 0 Å². The summed E-state index contributed by atoms with van der Waals surface area (Å²) in [5.41, 5.74) is 2.45. The Labute approximate surface area is 178 Å². The maximum Gasteiger partial charge on any atom is 0.263 e. The second kappa shape index (κ2) is 8.22. The summed E-state index contributed by atoms with van der Waals surface area (Å²) in [4.78, 5) is 29.7. The second-order valence-electron chi connectivity index (χ2n) is 7.51. The van der Waals surface area contributed by atoms with E-state index in [0.29, 0.717) is 29.0 Å². The lowest BCUT2D eigenvalue weighted by atomic mass is 10.2. The number of benzene rings is 1. The average Bonchev–Trinajstić information content (AvgIpc) is 3.27. The summed E-state index contributed by atoms with van der Waals surface area (Å²) in [6.07, 6.45) is 1.57. The number of furan rings is 1. The number of fused-ring (bicyclic) bond motifs is 1. The number of carbonyl (C=O) groups excluding carboxylic acids is 1. The highest BCUT2D eigenvalue weighted by atomic mass is 19.1. The average molecular weight is 422 g/mol. The smallest absolute Gasteiger partial charge is 0.263 e. The summed E-state index contributed by atoms with van der Waals surface area (Å²) >= 11 is 0. The van der Waals surface area contributed by atoms with Gasteiger partial charge < -0.3 is 9.73 Å². The van der Waals surface area contributed by atoms with Crippen molar-refractivity contribution in [2.24, 2.45) is 0 Å². The van der Waals surface area contributed by atoms with Crippen molar-refractivity contribution in [3.63, 3.8) is 0 Å². The van der Waals surface area contributed by atoms with E-state index in [9.17, 15) is 14.0 Å². The van der Waals surface area contributed by atoms with Crippen molar-refractivity contribution in [2.45, 2.75) is 40.3 Å². The number of nitrogens with zero attached hydrogens (tertiary/aromatic N) is 3. The van der Waals surface area contributed by atoms with Crippen LogP contribution in [0.4, 0.5) is 4.39 Å². The van der Waals surface area contributed by atoms with E-state index in [2.05, 4.69) is 10.3 Å². The monoisotopic (exact) mass is 422 g/mol. The lowest BCUT2D eigenvalue weighted by Gasteiger charge is -2.09. The van der Waals surface area contributed by atoms with E-state index in [1.165, 1.54) is 23.0 Å². The van der Waals surface area contributed by atoms with Gasteiger partial charge in [-0.2, -0.15) is 0 Å². The van der Waals surface area contributed by atoms with Gasteiger partial charge in [-0.3, -0.25) is 18.7 Å². The Hall–Kier alpha value is -3.68. The van der Waals surface area contributed by atoms with Gasteiger partial charge in [0.05, 0.1) is 23.9 Å². The van der Waals surface area contributed by atoms with Crippen molar-refractivity contribution in [3.05, 3.63) is 81.7 Å². The predicted molar refractivity (Wildman–Crippen MR) is 115 cm³/mol. The summed E-state index contributed by atoms with van der Waals surface area (Å²) in [6.45, 7) is 6.06. The molecule has 7 nitrogen and oxygen atoms in total. The van der Waals surface area contributed by atoms with Crippen molar-refractivity contribution in [3.8, 4) is 5.69 Å². The van der Waals surface area contributed by atoms with E-state index in [4.69, 9.17) is 4.42 Å². The fraction of sp³-hybridized carbons (Fsp3) is 0.261. The molecule has 0 saturated heterocycles. The van der Waals surface area contributed by atoms with Crippen LogP contribution >= 0.6 is 0 Å². The molecular formula is C23H23FN4O3. The largest absolute Gasteiger partial charge is 0.465 e. The van der Waals surface area contributed by atoms with Gasteiger partial charge in [-0.25, -0.2) is 9.37 Å². The SMILES string of the molecule is Cc1ccc(CNC(=O)CCn2cnc3c(c(C)c(C)n3-c3cccc(F)c3)c2=O)o1. The van der Waals surface area contributed by atoms with Crippen LogP contribution in [0.1, 0.15) is 29.2 Å². The lowest BCUT2D eigenvalue weighted by Crippen LogP contribution is -2.27. The van der Waals surface area contributed by atoms with Crippen molar-refractivity contribution < 1.29 is 13.6 Å². The molecule has 31 heavy (non-hydrogen) atoms. The van der Waals surface area contributed by atoms with Gasteiger partial charge in [-0.1, -0.05) is 6.07 Å². The first-order valence-electron chi connectivity index (χ1n) is 10.00. The first kappa shape index (κ1) is 20.6. The van der Waals surface area contributed by atoms with Gasteiger partial charge >= 0.3 is 0 Å². The molecule has 1 N–H and O–H groups in total. The minimum Gasteiger partial charge on any atom is -0.465 e. The quantitative estimate of drug-likeness (QED) is 0.515. The molecule has 0 saturated carbocycles. The Bertz CT molecular complexity index is 1330. The van der Waals surface area contributed by atoms with Crippen LogP contribution < -0.4 is 10.9 Å². The fourth-order valence-corrected chi connectivity index (χ4v) is 3.65. The van der Waals surface area contributed by atoms with Crippen LogP contribution in [0.3, 0.4) is 0 Å². The molecule has 0 atom stereocenters. The normalized spacial score (nSPS) is 11.2. The fourth-order valence-electron chi connectivity index (χ4n) is 3.65. The summed E-state index contributed by atoms with van der Waals surface area (Å²) in [5.74, 6) is 0.911. The van der Waals surface area contributed by atoms with Crippen LogP contribution in [-0.4, -0.2) is 20.0 Å². The molecule has 0 fully saturated rings. The van der Waals surface area contributed by atoms with Gasteiger partial charge in [-0.05, 0) is 56.7 Å². The van der Waals surface area contributed by atoms with Crippen molar-refractivity contribution in [1.82, 2.24) is 19.4 Å². The van der Waals surface area contributed by atoms with Gasteiger partial charge in [0, 0.05) is 18.7 Å². The standard InChI is InChI=1S/C23H23FN4O3/c1-14-7-8-19(31-14)12-25-20(29)9-10-27-13-26-22-21(23(27)30)15(2)16(3)28(22)18-6-4-5-17(24)11-18/h4-8,11,13H,9-10,12H2,1-3H3,(H,25,29). The first-order chi connectivity index (χ1) is 14.8. The first-order valence-corrected chi connectivity index (χ1v) is 10.00. The van der Waals surface area contributed by atoms with E-state index in [0.717, 1.165) is 17.0 Å². The molecular weight excluding hydrogens is 399 g/mol. The maximum atomic E-state index is 13.7. The van der Waals surface area contributed by atoms with E-state index in [1.807, 2.05) is 32.9 Å². The third-order valence-electron chi connectivity index (χ3n) is 5.38. The lowest BCUT2D eigenvalue weighted by molar-refractivity contribution is -0.121. The molecule has 3 heterocycles. The maximum absolute atomic E-state index is 13.7. The molecule has 3 aromatic heterocycles. The molecule has 0 radical (unpaired) electrons. The Morgan fingerprint density at radius 1 is 1.19 bits per heavy atom. The summed E-state index contributed by atoms with van der Waals surface area (Å²) in [6, 6.07) is 9.82. The van der Waals surface area contributed by atoms with Crippen LogP contribution in [0.2, 0.25) is 0 Å². The highest BCUT2D eigenvalue weighted by Gasteiger charge is 2.18. The van der Waals surface area contributed by atoms with Crippen LogP contribution in [0, 0.1) is 26.6 Å². The number of amides is 1. The van der Waals surface area contributed by atoms with E-state index in [1.54, 1.807) is 16.7 Å². The zero-order chi connectivity index (χ0) is 22.1. The molecule has 0 aliphatic rings. The van der Waals surface area contributed by atoms with E-state index in [-0.39, 0.29) is 30.2 Å². The highest BCUT2D eigenvalue weighted by Crippen LogP contribution is 2.25. The minimum absolute atomic E-state index is 0.134. The number of nitrogens with one attached hydrogen (secondary N) is 1. The number of hydrogen-bond donors (Lipinski definition) is 1. The molecule has 4 rings (SSSR count). The molecule has 1 amide bonds. The zero-order valence-electron chi connectivity index (χ0n) is 17.6. The number of aryl methyl sites for hydroxylation is 3. The van der Waals surface area contributed by atoms with Crippen LogP contribution in [0.15, 0.2) is 51.9 Å². The molecule has 8 heteroatoms. The predicted octanol–water partition coefficient (Wildman–Crippen LogP) is 3.55. The number of carbonyl (C=O) groups is 1. The van der Waals surface area contributed by atoms with Crippen LogP contribution in [0.25, 0.3) is 16.7 Å². The van der Waals surface area contributed by atoms with Gasteiger partial charge in [-0.15, -0.1) is 0 Å². The van der Waals surface area contributed by atoms with Crippen LogP contribution in [-0.2, 0) is 17.9 Å². The minimum atomic E-state index is -0.361. The van der Waals surface area contributed by atoms with E-state index < -0.39 is 0 Å². The molecule has 0 unspecified atom stereocenters. The van der Waals surface area contributed by atoms with Gasteiger partial charge in [0.1, 0.15) is 17.3 Å². The molecule has 160 valence electrons. The van der Waals surface area contributed by atoms with Crippen LogP contribution in [0.5, 0.6) is 0 Å². The van der Waals surface area contributed by atoms with Gasteiger partial charge in [0.25, 0.3) is 5.56 Å². The molecule has 0 spiro atoms. The Morgan fingerprint density at radius 3 is 2.71 bits per heavy atom. The highest BCUT2D eigenvalue weighted by molar-refractivity contribution is 5.83. The third-order valence-corrected chi connectivity index (χ3v) is 5.38. The Morgan fingerprint density at radius 2 is 2.00 bits per heavy atom.